The highest BCUT2D eigenvalue weighted by molar-refractivity contribution is 5.93. The van der Waals surface area contributed by atoms with Gasteiger partial charge in [-0.05, 0) is 48.7 Å². The maximum atomic E-state index is 12.4. The largest absolute Gasteiger partial charge is 0.497 e. The van der Waals surface area contributed by atoms with Crippen molar-refractivity contribution in [1.29, 1.82) is 0 Å². The Balaban J connectivity index is 1.98. The molecule has 1 atom stereocenters. The second-order valence-corrected chi connectivity index (χ2v) is 6.24. The van der Waals surface area contributed by atoms with E-state index >= 15 is 0 Å². The van der Waals surface area contributed by atoms with E-state index < -0.39 is 0 Å². The fourth-order valence-electron chi connectivity index (χ4n) is 3.03. The van der Waals surface area contributed by atoms with E-state index in [0.717, 1.165) is 29.8 Å². The highest BCUT2D eigenvalue weighted by Crippen LogP contribution is 2.21. The van der Waals surface area contributed by atoms with Crippen LogP contribution in [-0.2, 0) is 11.2 Å². The third-order valence-corrected chi connectivity index (χ3v) is 4.58. The smallest absolute Gasteiger partial charge is 0.279 e. The van der Waals surface area contributed by atoms with Crippen LogP contribution >= 0.6 is 0 Å². The lowest BCUT2D eigenvalue weighted by atomic mass is 10.0. The van der Waals surface area contributed by atoms with E-state index in [1.165, 1.54) is 11.1 Å². The Morgan fingerprint density at radius 1 is 1.16 bits per heavy atom. The average molecular weight is 341 g/mol. The van der Waals surface area contributed by atoms with E-state index in [-0.39, 0.29) is 11.9 Å². The topological polar surface area (TPSA) is 54.9 Å². The molecule has 3 N–H and O–H groups in total. The molecule has 0 saturated carbocycles. The number of methoxy groups -OCH3 is 1. The molecule has 4 heteroatoms. The van der Waals surface area contributed by atoms with Crippen LogP contribution in [-0.4, -0.2) is 19.6 Å². The van der Waals surface area contributed by atoms with E-state index in [4.69, 9.17) is 4.74 Å². The summed E-state index contributed by atoms with van der Waals surface area (Å²) in [6.07, 6.45) is 1.87. The molecule has 0 saturated heterocycles. The highest BCUT2D eigenvalue weighted by Gasteiger charge is 2.16. The number of ether oxygens (including phenoxy) is 1. The SMILES string of the molecule is CCc1cccc(C)c1NC(=O)C[NH2+][C@@H](CC)c1ccc(OC)cc1. The lowest BCUT2D eigenvalue weighted by Gasteiger charge is -2.16. The van der Waals surface area contributed by atoms with Crippen LogP contribution in [0.4, 0.5) is 5.69 Å². The molecule has 0 aliphatic heterocycles. The summed E-state index contributed by atoms with van der Waals surface area (Å²) in [4.78, 5) is 12.4. The first-order valence-electron chi connectivity index (χ1n) is 8.94. The number of carbonyl (C=O) groups is 1. The molecule has 2 aromatic rings. The van der Waals surface area contributed by atoms with Crippen molar-refractivity contribution >= 4 is 11.6 Å². The number of anilines is 1. The van der Waals surface area contributed by atoms with Gasteiger partial charge in [0.2, 0.25) is 0 Å². The van der Waals surface area contributed by atoms with Crippen LogP contribution in [0.2, 0.25) is 0 Å². The van der Waals surface area contributed by atoms with E-state index in [0.29, 0.717) is 6.54 Å². The van der Waals surface area contributed by atoms with Crippen LogP contribution in [0.3, 0.4) is 0 Å². The van der Waals surface area contributed by atoms with Crippen molar-refractivity contribution in [2.24, 2.45) is 0 Å². The Labute approximate surface area is 150 Å². The van der Waals surface area contributed by atoms with Gasteiger partial charge in [-0.1, -0.05) is 32.0 Å². The molecule has 0 radical (unpaired) electrons. The van der Waals surface area contributed by atoms with Crippen LogP contribution in [0.25, 0.3) is 0 Å². The summed E-state index contributed by atoms with van der Waals surface area (Å²) in [7, 11) is 1.67. The van der Waals surface area contributed by atoms with Crippen LogP contribution in [0, 0.1) is 6.92 Å². The minimum absolute atomic E-state index is 0.0379. The lowest BCUT2D eigenvalue weighted by Crippen LogP contribution is -2.87. The molecule has 0 aromatic heterocycles. The van der Waals surface area contributed by atoms with Gasteiger partial charge >= 0.3 is 0 Å². The third-order valence-electron chi connectivity index (χ3n) is 4.58. The summed E-state index contributed by atoms with van der Waals surface area (Å²) in [6, 6.07) is 14.5. The van der Waals surface area contributed by atoms with E-state index in [1.54, 1.807) is 7.11 Å². The summed E-state index contributed by atoms with van der Waals surface area (Å²) >= 11 is 0. The number of hydrogen-bond donors (Lipinski definition) is 2. The zero-order chi connectivity index (χ0) is 18.2. The zero-order valence-electron chi connectivity index (χ0n) is 15.6. The van der Waals surface area contributed by atoms with E-state index in [1.807, 2.05) is 31.2 Å². The van der Waals surface area contributed by atoms with Crippen LogP contribution < -0.4 is 15.4 Å². The molecule has 2 aromatic carbocycles. The normalized spacial score (nSPS) is 11.8. The molecule has 0 spiro atoms. The van der Waals surface area contributed by atoms with Gasteiger partial charge in [0.05, 0.1) is 7.11 Å². The number of quaternary nitrogens is 1. The molecular weight excluding hydrogens is 312 g/mol. The maximum Gasteiger partial charge on any atom is 0.279 e. The summed E-state index contributed by atoms with van der Waals surface area (Å²) < 4.78 is 5.21. The molecule has 2 rings (SSSR count). The quantitative estimate of drug-likeness (QED) is 0.774. The number of nitrogens with one attached hydrogen (secondary N) is 1. The molecule has 1 amide bonds. The Hall–Kier alpha value is -2.33. The number of amides is 1. The Kier molecular flexibility index (Phi) is 7.02. The van der Waals surface area contributed by atoms with Gasteiger partial charge < -0.3 is 15.4 Å². The molecule has 0 heterocycles. The zero-order valence-corrected chi connectivity index (χ0v) is 15.6. The van der Waals surface area contributed by atoms with Crippen molar-refractivity contribution in [2.75, 3.05) is 19.0 Å². The first-order chi connectivity index (χ1) is 12.1. The van der Waals surface area contributed by atoms with Gasteiger partial charge in [-0.15, -0.1) is 0 Å². The van der Waals surface area contributed by atoms with Crippen molar-refractivity contribution in [3.63, 3.8) is 0 Å². The fourth-order valence-corrected chi connectivity index (χ4v) is 3.03. The minimum atomic E-state index is 0.0379. The predicted molar refractivity (Wildman–Crippen MR) is 102 cm³/mol. The van der Waals surface area contributed by atoms with Crippen LogP contribution in [0.1, 0.15) is 43.0 Å². The first kappa shape index (κ1) is 19.0. The van der Waals surface area contributed by atoms with Crippen molar-refractivity contribution in [3.8, 4) is 5.75 Å². The Morgan fingerprint density at radius 2 is 1.88 bits per heavy atom. The van der Waals surface area contributed by atoms with Gasteiger partial charge in [0.25, 0.3) is 5.91 Å². The molecule has 0 bridgehead atoms. The molecule has 4 nitrogen and oxygen atoms in total. The van der Waals surface area contributed by atoms with Gasteiger partial charge in [0.15, 0.2) is 6.54 Å². The number of aryl methyl sites for hydroxylation is 2. The summed E-state index contributed by atoms with van der Waals surface area (Å²) in [5.74, 6) is 0.888. The second-order valence-electron chi connectivity index (χ2n) is 6.24. The molecule has 134 valence electrons. The molecule has 25 heavy (non-hydrogen) atoms. The summed E-state index contributed by atoms with van der Waals surface area (Å²) in [6.45, 7) is 6.68. The molecule has 0 fully saturated rings. The predicted octanol–water partition coefficient (Wildman–Crippen LogP) is 3.22. The summed E-state index contributed by atoms with van der Waals surface area (Å²) in [5.41, 5.74) is 4.45. The fraction of sp³-hybridized carbons (Fsp3) is 0.381. The van der Waals surface area contributed by atoms with Crippen molar-refractivity contribution in [2.45, 2.75) is 39.7 Å². The molecular formula is C21H29N2O2+. The third kappa shape index (κ3) is 5.07. The van der Waals surface area contributed by atoms with Gasteiger partial charge in [-0.25, -0.2) is 0 Å². The van der Waals surface area contributed by atoms with Crippen molar-refractivity contribution < 1.29 is 14.8 Å². The number of para-hydroxylation sites is 1. The lowest BCUT2D eigenvalue weighted by molar-refractivity contribution is -0.686. The van der Waals surface area contributed by atoms with Crippen LogP contribution in [0.15, 0.2) is 42.5 Å². The Bertz CT molecular complexity index is 696. The van der Waals surface area contributed by atoms with Gasteiger partial charge in [0.1, 0.15) is 11.8 Å². The summed E-state index contributed by atoms with van der Waals surface area (Å²) in [5, 5.41) is 5.19. The number of rotatable bonds is 8. The number of carbonyl (C=O) groups excluding carboxylic acids is 1. The average Bonchev–Trinajstić information content (AvgIpc) is 2.64. The Morgan fingerprint density at radius 3 is 2.48 bits per heavy atom. The highest BCUT2D eigenvalue weighted by atomic mass is 16.5. The maximum absolute atomic E-state index is 12.4. The van der Waals surface area contributed by atoms with E-state index in [9.17, 15) is 4.79 Å². The standard InChI is InChI=1S/C21H28N2O2/c1-5-16-9-7-8-15(3)21(16)23-20(24)14-22-19(6-2)17-10-12-18(25-4)13-11-17/h7-13,19,22H,5-6,14H2,1-4H3,(H,23,24)/p+1/t19-/m0/s1. The van der Waals surface area contributed by atoms with Crippen molar-refractivity contribution in [3.05, 3.63) is 59.2 Å². The minimum Gasteiger partial charge on any atom is -0.497 e. The van der Waals surface area contributed by atoms with Crippen molar-refractivity contribution in [1.82, 2.24) is 0 Å². The number of benzene rings is 2. The second kappa shape index (κ2) is 9.23. The molecule has 0 aliphatic carbocycles. The monoisotopic (exact) mass is 341 g/mol. The van der Waals surface area contributed by atoms with E-state index in [2.05, 4.69) is 42.7 Å². The molecule has 0 aliphatic rings. The van der Waals surface area contributed by atoms with Gasteiger partial charge in [0, 0.05) is 17.7 Å². The van der Waals surface area contributed by atoms with Gasteiger partial charge in [-0.2, -0.15) is 0 Å². The number of hydrogen-bond acceptors (Lipinski definition) is 2. The number of nitrogens with two attached hydrogens (primary N) is 1. The van der Waals surface area contributed by atoms with Crippen LogP contribution in [0.5, 0.6) is 5.75 Å². The molecule has 0 unspecified atom stereocenters. The van der Waals surface area contributed by atoms with Gasteiger partial charge in [-0.3, -0.25) is 4.79 Å². The first-order valence-corrected chi connectivity index (χ1v) is 8.94.